The van der Waals surface area contributed by atoms with Crippen LogP contribution in [0.2, 0.25) is 0 Å². The van der Waals surface area contributed by atoms with E-state index in [9.17, 15) is 5.26 Å². The van der Waals surface area contributed by atoms with Gasteiger partial charge < -0.3 is 19.9 Å². The van der Waals surface area contributed by atoms with Gasteiger partial charge in [0.1, 0.15) is 29.7 Å². The first-order valence-electron chi connectivity index (χ1n) is 11.7. The molecule has 1 aliphatic rings. The van der Waals surface area contributed by atoms with Gasteiger partial charge in [-0.25, -0.2) is 0 Å². The molecule has 1 aliphatic heterocycles. The summed E-state index contributed by atoms with van der Waals surface area (Å²) < 4.78 is 17.4. The van der Waals surface area contributed by atoms with Crippen LogP contribution in [0.3, 0.4) is 0 Å². The number of hydrogen-bond donors (Lipinski definition) is 2. The number of nitrogens with two attached hydrogens (primary N) is 1. The van der Waals surface area contributed by atoms with Crippen LogP contribution in [-0.4, -0.2) is 16.3 Å². The highest BCUT2D eigenvalue weighted by Gasteiger charge is 2.35. The summed E-state index contributed by atoms with van der Waals surface area (Å²) in [5.41, 5.74) is 10.9. The Morgan fingerprint density at radius 1 is 1.00 bits per heavy atom. The van der Waals surface area contributed by atoms with Gasteiger partial charge in [-0.2, -0.15) is 5.26 Å². The number of aromatic nitrogens is 2. The smallest absolute Gasteiger partial charge is 0.244 e. The minimum atomic E-state index is -0.436. The topological polar surface area (TPSA) is 106 Å². The Morgan fingerprint density at radius 2 is 1.69 bits per heavy atom. The second-order valence-corrected chi connectivity index (χ2v) is 8.78. The highest BCUT2D eigenvalue weighted by molar-refractivity contribution is 5.71. The minimum absolute atomic E-state index is 0.0558. The van der Waals surface area contributed by atoms with Crippen LogP contribution < -0.4 is 19.9 Å². The van der Waals surface area contributed by atoms with Crippen LogP contribution in [0.4, 0.5) is 0 Å². The second-order valence-electron chi connectivity index (χ2n) is 8.78. The molecule has 36 heavy (non-hydrogen) atoms. The Kier molecular flexibility index (Phi) is 6.33. The van der Waals surface area contributed by atoms with Crippen LogP contribution >= 0.6 is 0 Å². The molecule has 1 atom stereocenters. The van der Waals surface area contributed by atoms with Crippen LogP contribution in [-0.2, 0) is 6.61 Å². The summed E-state index contributed by atoms with van der Waals surface area (Å²) in [6, 6.07) is 27.7. The van der Waals surface area contributed by atoms with E-state index in [1.165, 1.54) is 0 Å². The van der Waals surface area contributed by atoms with Gasteiger partial charge in [-0.3, -0.25) is 5.10 Å². The molecule has 0 bridgehead atoms. The van der Waals surface area contributed by atoms with E-state index in [0.717, 1.165) is 39.4 Å². The number of H-pyrrole nitrogens is 1. The van der Waals surface area contributed by atoms with Gasteiger partial charge in [0.2, 0.25) is 11.8 Å². The molecule has 0 spiro atoms. The predicted molar refractivity (Wildman–Crippen MR) is 136 cm³/mol. The summed E-state index contributed by atoms with van der Waals surface area (Å²) in [6.45, 7) is 4.44. The fourth-order valence-corrected chi connectivity index (χ4v) is 4.27. The summed E-state index contributed by atoms with van der Waals surface area (Å²) in [4.78, 5) is 0. The third kappa shape index (κ3) is 4.62. The molecule has 1 aromatic heterocycles. The zero-order valence-electron chi connectivity index (χ0n) is 20.1. The third-order valence-corrected chi connectivity index (χ3v) is 5.92. The average molecular weight is 479 g/mol. The highest BCUT2D eigenvalue weighted by Crippen LogP contribution is 2.46. The Morgan fingerprint density at radius 3 is 2.36 bits per heavy atom. The minimum Gasteiger partial charge on any atom is -0.491 e. The molecule has 0 fully saturated rings. The number of nitriles is 1. The van der Waals surface area contributed by atoms with Crippen molar-refractivity contribution in [3.8, 4) is 34.7 Å². The number of fused-ring (bicyclic) bond motifs is 1. The summed E-state index contributed by atoms with van der Waals surface area (Å²) in [5, 5.41) is 17.4. The van der Waals surface area contributed by atoms with E-state index in [0.29, 0.717) is 18.1 Å². The van der Waals surface area contributed by atoms with Crippen LogP contribution in [0.5, 0.6) is 17.4 Å². The molecule has 5 rings (SSSR count). The molecule has 2 heterocycles. The SMILES string of the molecule is CC(C)Oc1ccc([C@@H]2C(C#N)=C(N)Oc3n[nH]c(-c4ccc(OCc5ccccc5)cc4)c32)cc1. The van der Waals surface area contributed by atoms with Crippen LogP contribution in [0.1, 0.15) is 36.5 Å². The largest absolute Gasteiger partial charge is 0.491 e. The van der Waals surface area contributed by atoms with E-state index in [1.54, 1.807) is 0 Å². The fraction of sp³-hybridized carbons (Fsp3) is 0.172. The number of hydrogen-bond acceptors (Lipinski definition) is 6. The molecule has 0 unspecified atom stereocenters. The van der Waals surface area contributed by atoms with Gasteiger partial charge in [-0.1, -0.05) is 42.5 Å². The Bertz CT molecular complexity index is 1420. The van der Waals surface area contributed by atoms with Crippen molar-refractivity contribution in [2.45, 2.75) is 32.5 Å². The zero-order valence-corrected chi connectivity index (χ0v) is 20.1. The molecule has 0 saturated heterocycles. The standard InChI is InChI=1S/C29H26N4O3/c1-18(2)35-23-14-8-20(9-15-23)25-24(16-30)28(31)36-29-26(25)27(32-33-29)21-10-12-22(13-11-21)34-17-19-6-4-3-5-7-19/h3-15,18,25H,17,31H2,1-2H3,(H,32,33)/t25-/m1/s1. The summed E-state index contributed by atoms with van der Waals surface area (Å²) in [6.07, 6.45) is 0.0656. The first-order valence-corrected chi connectivity index (χ1v) is 11.7. The average Bonchev–Trinajstić information content (AvgIpc) is 3.31. The Balaban J connectivity index is 1.46. The van der Waals surface area contributed by atoms with Gasteiger partial charge in [0.15, 0.2) is 0 Å². The first-order chi connectivity index (χ1) is 17.5. The molecule has 7 nitrogen and oxygen atoms in total. The number of nitrogens with one attached hydrogen (secondary N) is 1. The Hall–Kier alpha value is -4.70. The monoisotopic (exact) mass is 478 g/mol. The van der Waals surface area contributed by atoms with E-state index < -0.39 is 5.92 Å². The molecule has 0 radical (unpaired) electrons. The molecule has 3 N–H and O–H groups in total. The maximum Gasteiger partial charge on any atom is 0.244 e. The maximum absolute atomic E-state index is 9.94. The van der Waals surface area contributed by atoms with Crippen molar-refractivity contribution in [1.82, 2.24) is 10.2 Å². The second kappa shape index (κ2) is 9.88. The molecule has 0 saturated carbocycles. The van der Waals surface area contributed by atoms with Crippen molar-refractivity contribution >= 4 is 0 Å². The molecule has 0 amide bonds. The molecule has 180 valence electrons. The maximum atomic E-state index is 9.94. The quantitative estimate of drug-likeness (QED) is 0.355. The van der Waals surface area contributed by atoms with E-state index >= 15 is 0 Å². The van der Waals surface area contributed by atoms with Crippen molar-refractivity contribution < 1.29 is 14.2 Å². The number of nitrogens with zero attached hydrogens (tertiary/aromatic N) is 2. The normalized spacial score (nSPS) is 14.7. The van der Waals surface area contributed by atoms with Crippen LogP contribution in [0.15, 0.2) is 90.3 Å². The fourth-order valence-electron chi connectivity index (χ4n) is 4.27. The van der Waals surface area contributed by atoms with Gasteiger partial charge in [-0.05, 0) is 61.4 Å². The first kappa shape index (κ1) is 23.1. The van der Waals surface area contributed by atoms with E-state index in [-0.39, 0.29) is 12.0 Å². The lowest BCUT2D eigenvalue weighted by Crippen LogP contribution is -2.21. The third-order valence-electron chi connectivity index (χ3n) is 5.92. The van der Waals surface area contributed by atoms with Crippen molar-refractivity contribution in [2.75, 3.05) is 0 Å². The molecule has 3 aromatic carbocycles. The summed E-state index contributed by atoms with van der Waals surface area (Å²) >= 11 is 0. The van der Waals surface area contributed by atoms with E-state index in [4.69, 9.17) is 19.9 Å². The van der Waals surface area contributed by atoms with Gasteiger partial charge in [0.05, 0.1) is 23.3 Å². The van der Waals surface area contributed by atoms with E-state index in [2.05, 4.69) is 16.3 Å². The molecular weight excluding hydrogens is 452 g/mol. The van der Waals surface area contributed by atoms with Crippen molar-refractivity contribution in [2.24, 2.45) is 5.73 Å². The number of benzene rings is 3. The number of allylic oxidation sites excluding steroid dienone is 1. The summed E-state index contributed by atoms with van der Waals surface area (Å²) in [5.74, 6) is 1.50. The van der Waals surface area contributed by atoms with Gasteiger partial charge in [0, 0.05) is 5.56 Å². The van der Waals surface area contributed by atoms with Crippen LogP contribution in [0.25, 0.3) is 11.3 Å². The van der Waals surface area contributed by atoms with Crippen molar-refractivity contribution in [1.29, 1.82) is 5.26 Å². The predicted octanol–water partition coefficient (Wildman–Crippen LogP) is 5.66. The molecule has 4 aromatic rings. The lowest BCUT2D eigenvalue weighted by molar-refractivity contribution is 0.242. The number of ether oxygens (including phenoxy) is 3. The molecule has 0 aliphatic carbocycles. The highest BCUT2D eigenvalue weighted by atomic mass is 16.5. The van der Waals surface area contributed by atoms with E-state index in [1.807, 2.05) is 92.7 Å². The van der Waals surface area contributed by atoms with Crippen LogP contribution in [0, 0.1) is 11.3 Å². The number of aromatic amines is 1. The van der Waals surface area contributed by atoms with Gasteiger partial charge >= 0.3 is 0 Å². The van der Waals surface area contributed by atoms with Crippen molar-refractivity contribution in [3.63, 3.8) is 0 Å². The lowest BCUT2D eigenvalue weighted by atomic mass is 9.83. The molecular formula is C29H26N4O3. The Labute approximate surface area is 209 Å². The molecule has 7 heteroatoms. The number of rotatable bonds is 7. The summed E-state index contributed by atoms with van der Waals surface area (Å²) in [7, 11) is 0. The lowest BCUT2D eigenvalue weighted by Gasteiger charge is -2.24. The van der Waals surface area contributed by atoms with Gasteiger partial charge in [-0.15, -0.1) is 5.10 Å². The van der Waals surface area contributed by atoms with Gasteiger partial charge in [0.25, 0.3) is 0 Å². The van der Waals surface area contributed by atoms with Crippen molar-refractivity contribution in [3.05, 3.63) is 107 Å². The zero-order chi connectivity index (χ0) is 25.1.